The van der Waals surface area contributed by atoms with Crippen molar-refractivity contribution in [3.63, 3.8) is 0 Å². The van der Waals surface area contributed by atoms with Gasteiger partial charge in [-0.3, -0.25) is 4.79 Å². The fourth-order valence-corrected chi connectivity index (χ4v) is 1.80. The van der Waals surface area contributed by atoms with Gasteiger partial charge in [0.2, 0.25) is 5.43 Å². The summed E-state index contributed by atoms with van der Waals surface area (Å²) in [4.78, 5) is 11.3. The molecular weight excluding hydrogens is 260 g/mol. The maximum absolute atomic E-state index is 11.3. The Balaban J connectivity index is 1.98. The number of anilines is 1. The van der Waals surface area contributed by atoms with E-state index in [1.54, 1.807) is 12.4 Å². The number of nitrogens with zero attached hydrogens (tertiary/aromatic N) is 1. The predicted octanol–water partition coefficient (Wildman–Crippen LogP) is 1.37. The largest absolute Gasteiger partial charge is 0.394 e. The number of nitrogens with two attached hydrogens (primary N) is 1. The molecule has 0 spiro atoms. The average molecular weight is 273 g/mol. The van der Waals surface area contributed by atoms with Crippen LogP contribution in [-0.2, 0) is 11.3 Å². The third-order valence-corrected chi connectivity index (χ3v) is 2.86. The van der Waals surface area contributed by atoms with Gasteiger partial charge in [0.1, 0.15) is 0 Å². The quantitative estimate of drug-likeness (QED) is 0.901. The molecule has 5 heteroatoms. The molecule has 4 nitrogen and oxygen atoms in total. The summed E-state index contributed by atoms with van der Waals surface area (Å²) in [5.41, 5.74) is 5.66. The molecule has 0 aromatic carbocycles. The molecule has 0 radical (unpaired) electrons. The molecular formula is C10H13BrN2O2. The molecule has 1 aliphatic rings. The Kier molecular flexibility index (Phi) is 3.11. The van der Waals surface area contributed by atoms with E-state index in [-0.39, 0.29) is 11.1 Å². The first-order valence-electron chi connectivity index (χ1n) is 4.93. The molecule has 1 aliphatic carbocycles. The highest BCUT2D eigenvalue weighted by molar-refractivity contribution is 9.10. The number of halogens is 1. The van der Waals surface area contributed by atoms with Crippen LogP contribution in [0.4, 0.5) is 5.69 Å². The molecule has 1 aromatic rings. The maximum atomic E-state index is 11.3. The van der Waals surface area contributed by atoms with E-state index in [1.165, 1.54) is 12.8 Å². The highest BCUT2D eigenvalue weighted by Crippen LogP contribution is 2.23. The fourth-order valence-electron chi connectivity index (χ4n) is 1.31. The smallest absolute Gasteiger partial charge is 0.218 e. The van der Waals surface area contributed by atoms with E-state index in [0.29, 0.717) is 17.2 Å². The summed E-state index contributed by atoms with van der Waals surface area (Å²) < 4.78 is 7.87. The van der Waals surface area contributed by atoms with Gasteiger partial charge in [-0.2, -0.15) is 0 Å². The van der Waals surface area contributed by atoms with Gasteiger partial charge >= 0.3 is 0 Å². The Labute approximate surface area is 96.2 Å². The molecule has 1 heterocycles. The van der Waals surface area contributed by atoms with E-state index in [9.17, 15) is 4.79 Å². The second-order valence-corrected chi connectivity index (χ2v) is 4.55. The van der Waals surface area contributed by atoms with Crippen LogP contribution in [0.2, 0.25) is 0 Å². The van der Waals surface area contributed by atoms with Crippen LogP contribution in [0.3, 0.4) is 0 Å². The number of aromatic nitrogens is 1. The minimum Gasteiger partial charge on any atom is -0.394 e. The third kappa shape index (κ3) is 2.82. The summed E-state index contributed by atoms with van der Waals surface area (Å²) in [6.45, 7) is 1.39. The van der Waals surface area contributed by atoms with Crippen LogP contribution >= 0.6 is 15.9 Å². The molecule has 82 valence electrons. The lowest BCUT2D eigenvalue weighted by Gasteiger charge is -2.08. The lowest BCUT2D eigenvalue weighted by molar-refractivity contribution is 0.112. The summed E-state index contributed by atoms with van der Waals surface area (Å²) in [5, 5.41) is 0. The van der Waals surface area contributed by atoms with Gasteiger partial charge in [0, 0.05) is 18.9 Å². The second-order valence-electron chi connectivity index (χ2n) is 3.70. The second kappa shape index (κ2) is 4.37. The number of nitrogen functional groups attached to an aromatic ring is 1. The molecule has 2 rings (SSSR count). The van der Waals surface area contributed by atoms with E-state index < -0.39 is 0 Å². The fraction of sp³-hybridized carbons (Fsp3) is 0.500. The number of hydrogen-bond donors (Lipinski definition) is 1. The number of pyridine rings is 1. The van der Waals surface area contributed by atoms with E-state index in [1.807, 2.05) is 4.57 Å². The van der Waals surface area contributed by atoms with Gasteiger partial charge in [-0.05, 0) is 28.8 Å². The molecule has 1 saturated carbocycles. The van der Waals surface area contributed by atoms with Crippen LogP contribution in [0.15, 0.2) is 21.7 Å². The van der Waals surface area contributed by atoms with Gasteiger partial charge in [-0.15, -0.1) is 0 Å². The lowest BCUT2D eigenvalue weighted by atomic mass is 10.4. The SMILES string of the molecule is Nc1cn(CCOC2CC2)cc(Br)c1=O. The third-order valence-electron chi connectivity index (χ3n) is 2.29. The number of rotatable bonds is 4. The first kappa shape index (κ1) is 10.7. The zero-order valence-corrected chi connectivity index (χ0v) is 9.87. The average Bonchev–Trinajstić information content (AvgIpc) is 2.98. The van der Waals surface area contributed by atoms with E-state index in [2.05, 4.69) is 15.9 Å². The highest BCUT2D eigenvalue weighted by Gasteiger charge is 2.21. The molecule has 0 amide bonds. The Bertz CT molecular complexity index is 386. The zero-order valence-electron chi connectivity index (χ0n) is 8.28. The van der Waals surface area contributed by atoms with Crippen molar-refractivity contribution >= 4 is 21.6 Å². The summed E-state index contributed by atoms with van der Waals surface area (Å²) in [7, 11) is 0. The Morgan fingerprint density at radius 3 is 2.87 bits per heavy atom. The van der Waals surface area contributed by atoms with Gasteiger partial charge in [-0.1, -0.05) is 0 Å². The van der Waals surface area contributed by atoms with Gasteiger partial charge in [0.25, 0.3) is 0 Å². The van der Waals surface area contributed by atoms with Crippen molar-refractivity contribution in [1.82, 2.24) is 4.57 Å². The van der Waals surface area contributed by atoms with E-state index in [4.69, 9.17) is 10.5 Å². The van der Waals surface area contributed by atoms with Crippen molar-refractivity contribution < 1.29 is 4.74 Å². The van der Waals surface area contributed by atoms with Crippen molar-refractivity contribution in [3.05, 3.63) is 27.1 Å². The van der Waals surface area contributed by atoms with E-state index in [0.717, 1.165) is 6.54 Å². The summed E-state index contributed by atoms with van der Waals surface area (Å²) in [6, 6.07) is 0. The summed E-state index contributed by atoms with van der Waals surface area (Å²) >= 11 is 3.18. The molecule has 0 unspecified atom stereocenters. The van der Waals surface area contributed by atoms with Gasteiger partial charge in [0.15, 0.2) is 0 Å². The zero-order chi connectivity index (χ0) is 10.8. The number of ether oxygens (including phenoxy) is 1. The minimum atomic E-state index is -0.158. The van der Waals surface area contributed by atoms with Crippen molar-refractivity contribution in [2.75, 3.05) is 12.3 Å². The predicted molar refractivity (Wildman–Crippen MR) is 61.8 cm³/mol. The Morgan fingerprint density at radius 2 is 2.27 bits per heavy atom. The first-order valence-corrected chi connectivity index (χ1v) is 5.73. The lowest BCUT2D eigenvalue weighted by Crippen LogP contribution is -2.15. The van der Waals surface area contributed by atoms with Crippen LogP contribution in [-0.4, -0.2) is 17.3 Å². The molecule has 1 aromatic heterocycles. The summed E-state index contributed by atoms with van der Waals surface area (Å²) in [5.74, 6) is 0. The molecule has 0 aliphatic heterocycles. The Morgan fingerprint density at radius 1 is 1.53 bits per heavy atom. The standard InChI is InChI=1S/C10H13BrN2O2/c11-8-5-13(6-9(12)10(8)14)3-4-15-7-1-2-7/h5-7H,1-4,12H2. The monoisotopic (exact) mass is 272 g/mol. The van der Waals surface area contributed by atoms with Gasteiger partial charge in [0.05, 0.1) is 22.9 Å². The minimum absolute atomic E-state index is 0.158. The van der Waals surface area contributed by atoms with Crippen LogP contribution in [0.1, 0.15) is 12.8 Å². The molecule has 1 fully saturated rings. The Hall–Kier alpha value is -0.810. The topological polar surface area (TPSA) is 57.2 Å². The van der Waals surface area contributed by atoms with Crippen molar-refractivity contribution in [3.8, 4) is 0 Å². The molecule has 0 bridgehead atoms. The first-order chi connectivity index (χ1) is 7.16. The van der Waals surface area contributed by atoms with Gasteiger partial charge < -0.3 is 15.0 Å². The number of hydrogen-bond acceptors (Lipinski definition) is 3. The van der Waals surface area contributed by atoms with Crippen LogP contribution in [0.25, 0.3) is 0 Å². The van der Waals surface area contributed by atoms with Gasteiger partial charge in [-0.25, -0.2) is 0 Å². The van der Waals surface area contributed by atoms with Crippen molar-refractivity contribution in [2.24, 2.45) is 0 Å². The summed E-state index contributed by atoms with van der Waals surface area (Å²) in [6.07, 6.45) is 6.19. The van der Waals surface area contributed by atoms with Crippen molar-refractivity contribution in [2.45, 2.75) is 25.5 Å². The van der Waals surface area contributed by atoms with E-state index >= 15 is 0 Å². The van der Waals surface area contributed by atoms with Crippen LogP contribution < -0.4 is 11.2 Å². The molecule has 2 N–H and O–H groups in total. The highest BCUT2D eigenvalue weighted by atomic mass is 79.9. The van der Waals surface area contributed by atoms with Crippen LogP contribution in [0.5, 0.6) is 0 Å². The normalized spacial score (nSPS) is 15.5. The molecule has 15 heavy (non-hydrogen) atoms. The van der Waals surface area contributed by atoms with Crippen LogP contribution in [0, 0.1) is 0 Å². The molecule has 0 saturated heterocycles. The molecule has 0 atom stereocenters. The maximum Gasteiger partial charge on any atom is 0.218 e. The van der Waals surface area contributed by atoms with Crippen molar-refractivity contribution in [1.29, 1.82) is 0 Å².